The van der Waals surface area contributed by atoms with Crippen molar-refractivity contribution in [1.29, 1.82) is 0 Å². The quantitative estimate of drug-likeness (QED) is 0.646. The molecule has 0 heterocycles. The fraction of sp³-hybridized carbons (Fsp3) is 0.417. The monoisotopic (exact) mass is 261 g/mol. The Morgan fingerprint density at radius 2 is 1.87 bits per heavy atom. The Morgan fingerprint density at radius 3 is 2.40 bits per heavy atom. The van der Waals surface area contributed by atoms with E-state index < -0.39 is 0 Å². The van der Waals surface area contributed by atoms with Crippen LogP contribution in [0.15, 0.2) is 23.1 Å². The van der Waals surface area contributed by atoms with E-state index in [1.54, 1.807) is 17.8 Å². The predicted molar refractivity (Wildman–Crippen MR) is 70.9 cm³/mol. The minimum Gasteiger partial charge on any atom is -0.126 e. The predicted octanol–water partition coefficient (Wildman–Crippen LogP) is 5.34. The molecule has 1 atom stereocenters. The summed E-state index contributed by atoms with van der Waals surface area (Å²) in [5.41, 5.74) is 0. The molecule has 0 N–H and O–H groups in total. The highest BCUT2D eigenvalue weighted by Crippen LogP contribution is 2.27. The van der Waals surface area contributed by atoms with E-state index in [0.29, 0.717) is 16.0 Å². The smallest absolute Gasteiger partial charge is 0.0431 e. The average Bonchev–Trinajstić information content (AvgIpc) is 2.16. The van der Waals surface area contributed by atoms with Crippen LogP contribution in [0.4, 0.5) is 0 Å². The summed E-state index contributed by atoms with van der Waals surface area (Å²) in [6.07, 6.45) is 2.27. The summed E-state index contributed by atoms with van der Waals surface area (Å²) in [5, 5.41) is 1.40. The molecule has 0 aromatic heterocycles. The topological polar surface area (TPSA) is 0 Å². The lowest BCUT2D eigenvalue weighted by molar-refractivity contribution is 0.607. The highest BCUT2D eigenvalue weighted by atomic mass is 35.5. The van der Waals surface area contributed by atoms with E-state index in [9.17, 15) is 0 Å². The zero-order valence-electron chi connectivity index (χ0n) is 8.80. The third kappa shape index (κ3) is 5.14. The number of hydrogen-bond acceptors (Lipinski definition) is 1. The molecule has 1 unspecified atom stereocenters. The zero-order chi connectivity index (χ0) is 11.3. The molecule has 0 amide bonds. The normalized spacial score (nSPS) is 12.8. The first-order valence-electron chi connectivity index (χ1n) is 5.03. The molecule has 3 heteroatoms. The summed E-state index contributed by atoms with van der Waals surface area (Å²) >= 11 is 13.6. The van der Waals surface area contributed by atoms with Crippen molar-refractivity contribution in [3.8, 4) is 0 Å². The van der Waals surface area contributed by atoms with Crippen LogP contribution in [0.2, 0.25) is 10.0 Å². The number of hydrogen-bond donors (Lipinski definition) is 0. The van der Waals surface area contributed by atoms with Gasteiger partial charge in [-0.25, -0.2) is 0 Å². The Balaban J connectivity index is 2.43. The van der Waals surface area contributed by atoms with Crippen LogP contribution in [-0.4, -0.2) is 5.75 Å². The van der Waals surface area contributed by atoms with Crippen molar-refractivity contribution in [2.45, 2.75) is 24.7 Å². The van der Waals surface area contributed by atoms with E-state index >= 15 is 0 Å². The number of rotatable bonds is 5. The molecular formula is C12H15Cl2S. The SMILES string of the molecule is [CH2]C(CC)CCSc1cc(Cl)cc(Cl)c1. The fourth-order valence-electron chi connectivity index (χ4n) is 1.16. The van der Waals surface area contributed by atoms with Crippen LogP contribution >= 0.6 is 35.0 Å². The van der Waals surface area contributed by atoms with E-state index in [2.05, 4.69) is 13.8 Å². The van der Waals surface area contributed by atoms with Crippen LogP contribution in [0.3, 0.4) is 0 Å². The number of benzene rings is 1. The van der Waals surface area contributed by atoms with Gasteiger partial charge in [0.25, 0.3) is 0 Å². The average molecular weight is 262 g/mol. The largest absolute Gasteiger partial charge is 0.126 e. The van der Waals surface area contributed by atoms with Gasteiger partial charge in [-0.05, 0) is 36.3 Å². The van der Waals surface area contributed by atoms with Gasteiger partial charge >= 0.3 is 0 Å². The van der Waals surface area contributed by atoms with Crippen LogP contribution in [0, 0.1) is 12.8 Å². The molecule has 1 aromatic rings. The Labute approximate surface area is 106 Å². The van der Waals surface area contributed by atoms with Gasteiger partial charge in [0.1, 0.15) is 0 Å². The minimum absolute atomic E-state index is 0.548. The van der Waals surface area contributed by atoms with Crippen LogP contribution in [0.5, 0.6) is 0 Å². The molecule has 1 aromatic carbocycles. The molecule has 0 fully saturated rings. The summed E-state index contributed by atoms with van der Waals surface area (Å²) in [6.45, 7) is 6.22. The van der Waals surface area contributed by atoms with E-state index in [0.717, 1.165) is 23.5 Å². The van der Waals surface area contributed by atoms with Crippen molar-refractivity contribution in [3.05, 3.63) is 35.2 Å². The van der Waals surface area contributed by atoms with Gasteiger partial charge in [-0.15, -0.1) is 11.8 Å². The molecule has 0 nitrogen and oxygen atoms in total. The van der Waals surface area contributed by atoms with Crippen molar-refractivity contribution in [3.63, 3.8) is 0 Å². The highest BCUT2D eigenvalue weighted by Gasteiger charge is 2.02. The molecule has 1 radical (unpaired) electrons. The van der Waals surface area contributed by atoms with Gasteiger partial charge in [-0.3, -0.25) is 0 Å². The van der Waals surface area contributed by atoms with Gasteiger partial charge in [0.15, 0.2) is 0 Å². The molecule has 0 aliphatic rings. The minimum atomic E-state index is 0.548. The summed E-state index contributed by atoms with van der Waals surface area (Å²) in [5.74, 6) is 1.62. The van der Waals surface area contributed by atoms with Crippen molar-refractivity contribution < 1.29 is 0 Å². The van der Waals surface area contributed by atoms with Crippen LogP contribution in [-0.2, 0) is 0 Å². The van der Waals surface area contributed by atoms with Crippen LogP contribution in [0.1, 0.15) is 19.8 Å². The van der Waals surface area contributed by atoms with E-state index in [-0.39, 0.29) is 0 Å². The van der Waals surface area contributed by atoms with E-state index in [1.165, 1.54) is 0 Å². The van der Waals surface area contributed by atoms with E-state index in [1.807, 2.05) is 12.1 Å². The molecule has 0 saturated heterocycles. The first kappa shape index (κ1) is 13.2. The molecule has 15 heavy (non-hydrogen) atoms. The van der Waals surface area contributed by atoms with Gasteiger partial charge in [0.05, 0.1) is 0 Å². The van der Waals surface area contributed by atoms with Crippen molar-refractivity contribution in [2.75, 3.05) is 5.75 Å². The third-order valence-corrected chi connectivity index (χ3v) is 3.65. The van der Waals surface area contributed by atoms with Gasteiger partial charge in [0.2, 0.25) is 0 Å². The third-order valence-electron chi connectivity index (χ3n) is 2.21. The second kappa shape index (κ2) is 6.67. The van der Waals surface area contributed by atoms with Gasteiger partial charge in [-0.1, -0.05) is 43.5 Å². The summed E-state index contributed by atoms with van der Waals surface area (Å²) in [4.78, 5) is 1.14. The maximum absolute atomic E-state index is 5.91. The maximum atomic E-state index is 5.91. The Morgan fingerprint density at radius 1 is 1.27 bits per heavy atom. The fourth-order valence-corrected chi connectivity index (χ4v) is 2.92. The standard InChI is InChI=1S/C12H15Cl2S/c1-3-9(2)4-5-15-12-7-10(13)6-11(14)8-12/h6-9H,2-5H2,1H3. The molecule has 0 bridgehead atoms. The summed E-state index contributed by atoms with van der Waals surface area (Å²) in [7, 11) is 0. The van der Waals surface area contributed by atoms with E-state index in [4.69, 9.17) is 23.2 Å². The van der Waals surface area contributed by atoms with Crippen molar-refractivity contribution in [1.82, 2.24) is 0 Å². The van der Waals surface area contributed by atoms with Gasteiger partial charge < -0.3 is 0 Å². The Hall–Kier alpha value is 0.150. The first-order valence-corrected chi connectivity index (χ1v) is 6.78. The molecule has 0 spiro atoms. The highest BCUT2D eigenvalue weighted by molar-refractivity contribution is 7.99. The lowest BCUT2D eigenvalue weighted by Gasteiger charge is -2.07. The molecular weight excluding hydrogens is 247 g/mol. The lowest BCUT2D eigenvalue weighted by Crippen LogP contribution is -1.94. The second-order valence-electron chi connectivity index (χ2n) is 3.52. The summed E-state index contributed by atoms with van der Waals surface area (Å²) in [6, 6.07) is 5.65. The van der Waals surface area contributed by atoms with Gasteiger partial charge in [0, 0.05) is 14.9 Å². The maximum Gasteiger partial charge on any atom is 0.0431 e. The van der Waals surface area contributed by atoms with Crippen LogP contribution < -0.4 is 0 Å². The number of thioether (sulfide) groups is 1. The number of halogens is 2. The molecule has 0 saturated carbocycles. The van der Waals surface area contributed by atoms with Gasteiger partial charge in [-0.2, -0.15) is 0 Å². The Bertz CT molecular complexity index is 292. The van der Waals surface area contributed by atoms with Crippen molar-refractivity contribution >= 4 is 35.0 Å². The Kier molecular flexibility index (Phi) is 5.88. The van der Waals surface area contributed by atoms with Crippen LogP contribution in [0.25, 0.3) is 0 Å². The zero-order valence-corrected chi connectivity index (χ0v) is 11.1. The van der Waals surface area contributed by atoms with Crippen molar-refractivity contribution in [2.24, 2.45) is 5.92 Å². The second-order valence-corrected chi connectivity index (χ2v) is 5.56. The summed E-state index contributed by atoms with van der Waals surface area (Å²) < 4.78 is 0. The lowest BCUT2D eigenvalue weighted by atomic mass is 10.1. The molecule has 83 valence electrons. The first-order chi connectivity index (χ1) is 7.11. The molecule has 0 aliphatic heterocycles. The molecule has 0 aliphatic carbocycles. The molecule has 1 rings (SSSR count).